The molecule has 15 heavy (non-hydrogen) atoms. The molecule has 0 aromatic carbocycles. The highest BCUT2D eigenvalue weighted by Gasteiger charge is 2.27. The van der Waals surface area contributed by atoms with Crippen molar-refractivity contribution >= 4 is 6.03 Å². The summed E-state index contributed by atoms with van der Waals surface area (Å²) in [4.78, 5) is 16.0. The molecule has 0 aliphatic carbocycles. The van der Waals surface area contributed by atoms with Crippen molar-refractivity contribution in [3.8, 4) is 0 Å². The van der Waals surface area contributed by atoms with E-state index >= 15 is 0 Å². The number of piperidine rings is 1. The van der Waals surface area contributed by atoms with Crippen LogP contribution in [0.25, 0.3) is 0 Å². The molecule has 0 saturated carbocycles. The smallest absolute Gasteiger partial charge is 0.320 e. The molecule has 2 aliphatic heterocycles. The first-order valence-corrected chi connectivity index (χ1v) is 5.88. The highest BCUT2D eigenvalue weighted by molar-refractivity contribution is 5.74. The van der Waals surface area contributed by atoms with Crippen molar-refractivity contribution in [1.82, 2.24) is 9.80 Å². The van der Waals surface area contributed by atoms with Gasteiger partial charge in [-0.1, -0.05) is 0 Å². The molecule has 2 rings (SSSR count). The summed E-state index contributed by atoms with van der Waals surface area (Å²) < 4.78 is 5.29. The van der Waals surface area contributed by atoms with Crippen LogP contribution in [0.1, 0.15) is 25.7 Å². The molecule has 0 unspecified atom stereocenters. The number of likely N-dealkylation sites (tertiary alicyclic amines) is 2. The Morgan fingerprint density at radius 1 is 1.07 bits per heavy atom. The number of carbonyl (C=O) groups excluding carboxylic acids is 1. The zero-order chi connectivity index (χ0) is 10.7. The van der Waals surface area contributed by atoms with E-state index in [1.54, 1.807) is 7.11 Å². The molecule has 2 fully saturated rings. The Kier molecular flexibility index (Phi) is 3.46. The molecular weight excluding hydrogens is 192 g/mol. The lowest BCUT2D eigenvalue weighted by atomic mass is 10.1. The number of carbonyl (C=O) groups is 1. The van der Waals surface area contributed by atoms with Crippen molar-refractivity contribution in [2.24, 2.45) is 0 Å². The summed E-state index contributed by atoms with van der Waals surface area (Å²) in [6.45, 7) is 3.60. The third-order valence-electron chi connectivity index (χ3n) is 3.42. The Bertz CT molecular complexity index is 219. The number of urea groups is 1. The maximum atomic E-state index is 12.0. The summed E-state index contributed by atoms with van der Waals surface area (Å²) in [5, 5.41) is 0. The van der Waals surface area contributed by atoms with Gasteiger partial charge >= 0.3 is 6.03 Å². The van der Waals surface area contributed by atoms with Crippen LogP contribution < -0.4 is 0 Å². The summed E-state index contributed by atoms with van der Waals surface area (Å²) in [5.74, 6) is 0. The molecule has 0 atom stereocenters. The van der Waals surface area contributed by atoms with Crippen LogP contribution in [0.5, 0.6) is 0 Å². The lowest BCUT2D eigenvalue weighted by molar-refractivity contribution is 0.0457. The predicted molar refractivity (Wildman–Crippen MR) is 57.8 cm³/mol. The van der Waals surface area contributed by atoms with E-state index in [-0.39, 0.29) is 6.03 Å². The molecule has 4 nitrogen and oxygen atoms in total. The van der Waals surface area contributed by atoms with Gasteiger partial charge in [0.25, 0.3) is 0 Å². The highest BCUT2D eigenvalue weighted by Crippen LogP contribution is 2.17. The van der Waals surface area contributed by atoms with E-state index in [0.717, 1.165) is 39.0 Å². The summed E-state index contributed by atoms with van der Waals surface area (Å²) in [6.07, 6.45) is 4.65. The second-order valence-electron chi connectivity index (χ2n) is 4.40. The monoisotopic (exact) mass is 212 g/mol. The van der Waals surface area contributed by atoms with E-state index < -0.39 is 0 Å². The average Bonchev–Trinajstić information content (AvgIpc) is 2.82. The van der Waals surface area contributed by atoms with Crippen molar-refractivity contribution in [2.45, 2.75) is 31.8 Å². The fraction of sp³-hybridized carbons (Fsp3) is 0.909. The first-order valence-electron chi connectivity index (χ1n) is 5.88. The SMILES string of the molecule is COC1CCN(C(=O)N2CCCC2)CC1. The molecule has 0 N–H and O–H groups in total. The molecular formula is C11H20N2O2. The van der Waals surface area contributed by atoms with Gasteiger partial charge in [0.15, 0.2) is 0 Å². The van der Waals surface area contributed by atoms with E-state index in [0.29, 0.717) is 6.10 Å². The number of nitrogens with zero attached hydrogens (tertiary/aromatic N) is 2. The minimum Gasteiger partial charge on any atom is -0.381 e. The number of methoxy groups -OCH3 is 1. The Balaban J connectivity index is 1.81. The van der Waals surface area contributed by atoms with Crippen molar-refractivity contribution in [3.05, 3.63) is 0 Å². The Morgan fingerprint density at radius 2 is 1.60 bits per heavy atom. The predicted octanol–water partition coefficient (Wildman–Crippen LogP) is 1.31. The zero-order valence-electron chi connectivity index (χ0n) is 9.45. The summed E-state index contributed by atoms with van der Waals surface area (Å²) >= 11 is 0. The number of hydrogen-bond donors (Lipinski definition) is 0. The van der Waals surface area contributed by atoms with Gasteiger partial charge in [0.05, 0.1) is 6.10 Å². The van der Waals surface area contributed by atoms with Crippen molar-refractivity contribution in [2.75, 3.05) is 33.3 Å². The second-order valence-corrected chi connectivity index (χ2v) is 4.40. The van der Waals surface area contributed by atoms with Crippen LogP contribution in [0, 0.1) is 0 Å². The largest absolute Gasteiger partial charge is 0.381 e. The Labute approximate surface area is 91.2 Å². The quantitative estimate of drug-likeness (QED) is 0.656. The van der Waals surface area contributed by atoms with Gasteiger partial charge in [-0.3, -0.25) is 0 Å². The fourth-order valence-corrected chi connectivity index (χ4v) is 2.39. The van der Waals surface area contributed by atoms with Crippen molar-refractivity contribution in [3.63, 3.8) is 0 Å². The molecule has 0 aromatic rings. The molecule has 4 heteroatoms. The van der Waals surface area contributed by atoms with Crippen LogP contribution >= 0.6 is 0 Å². The zero-order valence-corrected chi connectivity index (χ0v) is 9.45. The van der Waals surface area contributed by atoms with E-state index in [2.05, 4.69) is 0 Å². The Morgan fingerprint density at radius 3 is 2.13 bits per heavy atom. The van der Waals surface area contributed by atoms with E-state index in [1.165, 1.54) is 12.8 Å². The van der Waals surface area contributed by atoms with Crippen molar-refractivity contribution < 1.29 is 9.53 Å². The lowest BCUT2D eigenvalue weighted by Gasteiger charge is -2.33. The molecule has 0 radical (unpaired) electrons. The van der Waals surface area contributed by atoms with Crippen molar-refractivity contribution in [1.29, 1.82) is 0 Å². The standard InChI is InChI=1S/C11H20N2O2/c1-15-10-4-8-13(9-5-10)11(14)12-6-2-3-7-12/h10H,2-9H2,1H3. The summed E-state index contributed by atoms with van der Waals surface area (Å²) in [7, 11) is 1.75. The maximum absolute atomic E-state index is 12.0. The molecule has 2 aliphatic rings. The molecule has 0 spiro atoms. The molecule has 2 saturated heterocycles. The van der Waals surface area contributed by atoms with Gasteiger partial charge in [-0.25, -0.2) is 4.79 Å². The Hall–Kier alpha value is -0.770. The molecule has 2 heterocycles. The van der Waals surface area contributed by atoms with E-state index in [4.69, 9.17) is 4.74 Å². The number of ether oxygens (including phenoxy) is 1. The van der Waals surface area contributed by atoms with Gasteiger partial charge in [-0.05, 0) is 25.7 Å². The number of rotatable bonds is 1. The van der Waals surface area contributed by atoms with E-state index in [1.807, 2.05) is 9.80 Å². The minimum atomic E-state index is 0.238. The first kappa shape index (κ1) is 10.7. The third kappa shape index (κ3) is 2.43. The topological polar surface area (TPSA) is 32.8 Å². The average molecular weight is 212 g/mol. The molecule has 0 aromatic heterocycles. The number of amides is 2. The number of hydrogen-bond acceptors (Lipinski definition) is 2. The maximum Gasteiger partial charge on any atom is 0.320 e. The summed E-state index contributed by atoms with van der Waals surface area (Å²) in [5.41, 5.74) is 0. The van der Waals surface area contributed by atoms with Gasteiger partial charge < -0.3 is 14.5 Å². The lowest BCUT2D eigenvalue weighted by Crippen LogP contribution is -2.46. The third-order valence-corrected chi connectivity index (χ3v) is 3.42. The van der Waals surface area contributed by atoms with Crippen LogP contribution in [0.2, 0.25) is 0 Å². The minimum absolute atomic E-state index is 0.238. The van der Waals surface area contributed by atoms with Gasteiger partial charge in [0.1, 0.15) is 0 Å². The van der Waals surface area contributed by atoms with Gasteiger partial charge in [0, 0.05) is 33.3 Å². The van der Waals surface area contributed by atoms with Crippen LogP contribution in [-0.2, 0) is 4.74 Å². The summed E-state index contributed by atoms with van der Waals surface area (Å²) in [6, 6.07) is 0.238. The van der Waals surface area contributed by atoms with Gasteiger partial charge in [0.2, 0.25) is 0 Å². The van der Waals surface area contributed by atoms with E-state index in [9.17, 15) is 4.79 Å². The van der Waals surface area contributed by atoms with Crippen LogP contribution in [0.15, 0.2) is 0 Å². The molecule has 2 amide bonds. The highest BCUT2D eigenvalue weighted by atomic mass is 16.5. The van der Waals surface area contributed by atoms with Gasteiger partial charge in [-0.2, -0.15) is 0 Å². The first-order chi connectivity index (χ1) is 7.31. The fourth-order valence-electron chi connectivity index (χ4n) is 2.39. The normalized spacial score (nSPS) is 23.5. The van der Waals surface area contributed by atoms with Crippen LogP contribution in [0.4, 0.5) is 4.79 Å². The van der Waals surface area contributed by atoms with Crippen LogP contribution in [0.3, 0.4) is 0 Å². The molecule has 0 bridgehead atoms. The van der Waals surface area contributed by atoms with Gasteiger partial charge in [-0.15, -0.1) is 0 Å². The molecule has 86 valence electrons. The second kappa shape index (κ2) is 4.84. The van der Waals surface area contributed by atoms with Crippen LogP contribution in [-0.4, -0.2) is 55.2 Å².